The molecule has 0 spiro atoms. The molecule has 0 bridgehead atoms. The molecule has 2 atom stereocenters. The number of nitrogens with one attached hydrogen (secondary N) is 2. The van der Waals surface area contributed by atoms with Gasteiger partial charge in [0.2, 0.25) is 0 Å². The lowest BCUT2D eigenvalue weighted by Crippen LogP contribution is -2.51. The molecule has 0 saturated heterocycles. The minimum atomic E-state index is -0.438. The van der Waals surface area contributed by atoms with Crippen molar-refractivity contribution in [1.29, 1.82) is 0 Å². The third kappa shape index (κ3) is 2.79. The molecule has 0 radical (unpaired) electrons. The van der Waals surface area contributed by atoms with Gasteiger partial charge in [0.25, 0.3) is 5.91 Å². The first-order valence-corrected chi connectivity index (χ1v) is 7.39. The Morgan fingerprint density at radius 3 is 2.80 bits per heavy atom. The average Bonchev–Trinajstić information content (AvgIpc) is 2.81. The summed E-state index contributed by atoms with van der Waals surface area (Å²) >= 11 is 7.42. The van der Waals surface area contributed by atoms with Crippen LogP contribution in [-0.4, -0.2) is 29.2 Å². The van der Waals surface area contributed by atoms with Gasteiger partial charge in [-0.15, -0.1) is 11.8 Å². The van der Waals surface area contributed by atoms with Crippen LogP contribution in [0, 0.1) is 0 Å². The van der Waals surface area contributed by atoms with E-state index in [0.717, 1.165) is 11.3 Å². The highest BCUT2D eigenvalue weighted by atomic mass is 35.5. The van der Waals surface area contributed by atoms with E-state index in [9.17, 15) is 4.79 Å². The minimum Gasteiger partial charge on any atom is -0.370 e. The Balaban J connectivity index is 1.63. The van der Waals surface area contributed by atoms with Gasteiger partial charge in [0.1, 0.15) is 11.2 Å². The van der Waals surface area contributed by atoms with E-state index in [4.69, 9.17) is 17.3 Å². The van der Waals surface area contributed by atoms with Gasteiger partial charge in [-0.3, -0.25) is 20.4 Å². The summed E-state index contributed by atoms with van der Waals surface area (Å²) in [5.74, 6) is 0.596. The van der Waals surface area contributed by atoms with E-state index in [1.165, 1.54) is 0 Å². The molecule has 0 aromatic heterocycles. The van der Waals surface area contributed by atoms with Crippen molar-refractivity contribution in [1.82, 2.24) is 10.6 Å². The van der Waals surface area contributed by atoms with Crippen LogP contribution in [0.25, 0.3) is 0 Å². The fourth-order valence-corrected chi connectivity index (χ4v) is 3.00. The molecule has 20 heavy (non-hydrogen) atoms. The lowest BCUT2D eigenvalue weighted by Gasteiger charge is -2.16. The predicted octanol–water partition coefficient (Wildman–Crippen LogP) is 0.672. The number of guanidine groups is 1. The van der Waals surface area contributed by atoms with Gasteiger partial charge < -0.3 is 5.73 Å². The van der Waals surface area contributed by atoms with Gasteiger partial charge in [-0.1, -0.05) is 23.7 Å². The highest BCUT2D eigenvalue weighted by Gasteiger charge is 2.35. The highest BCUT2D eigenvalue weighted by Crippen LogP contribution is 2.23. The van der Waals surface area contributed by atoms with E-state index in [2.05, 4.69) is 20.6 Å². The van der Waals surface area contributed by atoms with Gasteiger partial charge in [-0.2, -0.15) is 0 Å². The SMILES string of the molecule is NC1=NC2NC(SCc3ccc(Cl)cc3)N=C2C(=O)N1. The van der Waals surface area contributed by atoms with Crippen LogP contribution in [0.4, 0.5) is 0 Å². The summed E-state index contributed by atoms with van der Waals surface area (Å²) in [5.41, 5.74) is 6.83. The van der Waals surface area contributed by atoms with Gasteiger partial charge in [0, 0.05) is 10.8 Å². The number of carbonyl (C=O) groups is 1. The summed E-state index contributed by atoms with van der Waals surface area (Å²) in [5, 5.41) is 6.30. The van der Waals surface area contributed by atoms with E-state index in [0.29, 0.717) is 10.7 Å². The summed E-state index contributed by atoms with van der Waals surface area (Å²) in [7, 11) is 0. The van der Waals surface area contributed by atoms with Crippen LogP contribution in [0.15, 0.2) is 34.3 Å². The van der Waals surface area contributed by atoms with Gasteiger partial charge >= 0.3 is 0 Å². The topological polar surface area (TPSA) is 91.9 Å². The zero-order valence-corrected chi connectivity index (χ0v) is 11.9. The summed E-state index contributed by atoms with van der Waals surface area (Å²) in [6.45, 7) is 0. The first-order chi connectivity index (χ1) is 9.61. The van der Waals surface area contributed by atoms with Crippen LogP contribution in [0.1, 0.15) is 5.56 Å². The van der Waals surface area contributed by atoms with Crippen molar-refractivity contribution in [3.63, 3.8) is 0 Å². The van der Waals surface area contributed by atoms with Crippen molar-refractivity contribution in [2.75, 3.05) is 0 Å². The maximum atomic E-state index is 11.7. The van der Waals surface area contributed by atoms with E-state index >= 15 is 0 Å². The zero-order chi connectivity index (χ0) is 14.1. The second-order valence-corrected chi connectivity index (χ2v) is 5.85. The maximum absolute atomic E-state index is 11.7. The number of nitrogens with two attached hydrogens (primary N) is 1. The third-order valence-electron chi connectivity index (χ3n) is 2.88. The molecular formula is C12H12ClN5OS. The molecule has 2 unspecified atom stereocenters. The Morgan fingerprint density at radius 1 is 1.30 bits per heavy atom. The zero-order valence-electron chi connectivity index (χ0n) is 10.3. The molecule has 0 fully saturated rings. The first kappa shape index (κ1) is 13.4. The molecule has 3 rings (SSSR count). The summed E-state index contributed by atoms with van der Waals surface area (Å²) < 4.78 is 0. The van der Waals surface area contributed by atoms with E-state index < -0.39 is 6.17 Å². The number of amides is 1. The van der Waals surface area contributed by atoms with E-state index in [1.54, 1.807) is 11.8 Å². The quantitative estimate of drug-likeness (QED) is 0.765. The molecule has 1 amide bonds. The van der Waals surface area contributed by atoms with Gasteiger partial charge in [-0.05, 0) is 17.7 Å². The molecule has 6 nitrogen and oxygen atoms in total. The highest BCUT2D eigenvalue weighted by molar-refractivity contribution is 7.99. The molecule has 2 aliphatic heterocycles. The maximum Gasteiger partial charge on any atom is 0.275 e. The Morgan fingerprint density at radius 2 is 2.05 bits per heavy atom. The number of rotatable bonds is 3. The summed E-state index contributed by atoms with van der Waals surface area (Å²) in [4.78, 5) is 20.1. The molecule has 8 heteroatoms. The molecule has 2 aliphatic rings. The molecule has 104 valence electrons. The third-order valence-corrected chi connectivity index (χ3v) is 4.19. The Bertz CT molecular complexity index is 600. The fraction of sp³-hybridized carbons (Fsp3) is 0.250. The number of hydrogen-bond donors (Lipinski definition) is 3. The molecular weight excluding hydrogens is 298 g/mol. The molecule has 0 aliphatic carbocycles. The van der Waals surface area contributed by atoms with Crippen molar-refractivity contribution in [2.45, 2.75) is 17.4 Å². The molecule has 0 saturated carbocycles. The second kappa shape index (κ2) is 5.43. The van der Waals surface area contributed by atoms with Crippen molar-refractivity contribution in [3.8, 4) is 0 Å². The fourth-order valence-electron chi connectivity index (χ4n) is 1.92. The van der Waals surface area contributed by atoms with Crippen molar-refractivity contribution in [3.05, 3.63) is 34.9 Å². The number of hydrogen-bond acceptors (Lipinski definition) is 6. The molecule has 1 aromatic carbocycles. The van der Waals surface area contributed by atoms with Crippen LogP contribution in [-0.2, 0) is 10.5 Å². The Kier molecular flexibility index (Phi) is 3.64. The van der Waals surface area contributed by atoms with Crippen LogP contribution in [0.3, 0.4) is 0 Å². The number of halogens is 1. The van der Waals surface area contributed by atoms with Crippen molar-refractivity contribution >= 4 is 40.9 Å². The van der Waals surface area contributed by atoms with Crippen molar-refractivity contribution in [2.24, 2.45) is 15.7 Å². The lowest BCUT2D eigenvalue weighted by molar-refractivity contribution is -0.113. The van der Waals surface area contributed by atoms with Gasteiger partial charge in [-0.25, -0.2) is 4.99 Å². The number of aliphatic imine (C=N–C) groups is 2. The Labute approximate surface area is 124 Å². The minimum absolute atomic E-state index is 0.120. The van der Waals surface area contributed by atoms with Crippen molar-refractivity contribution < 1.29 is 4.79 Å². The van der Waals surface area contributed by atoms with E-state index in [1.807, 2.05) is 24.3 Å². The monoisotopic (exact) mass is 309 g/mol. The lowest BCUT2D eigenvalue weighted by atomic mass is 10.2. The van der Waals surface area contributed by atoms with Crippen LogP contribution in [0.5, 0.6) is 0 Å². The number of nitrogens with zero attached hydrogens (tertiary/aromatic N) is 2. The predicted molar refractivity (Wildman–Crippen MR) is 80.7 cm³/mol. The van der Waals surface area contributed by atoms with Gasteiger partial charge in [0.15, 0.2) is 12.1 Å². The van der Waals surface area contributed by atoms with E-state index in [-0.39, 0.29) is 17.4 Å². The van der Waals surface area contributed by atoms with Gasteiger partial charge in [0.05, 0.1) is 0 Å². The van der Waals surface area contributed by atoms with Crippen LogP contribution < -0.4 is 16.4 Å². The number of carbonyl (C=O) groups excluding carboxylic acids is 1. The number of fused-ring (bicyclic) bond motifs is 1. The summed E-state index contributed by atoms with van der Waals surface area (Å²) in [6.07, 6.45) is -0.438. The standard InChI is InChI=1S/C12H12ClN5OS/c13-7-3-1-6(2-4-7)5-20-12-15-8-9(17-12)16-11(14)18-10(8)19/h1-4,9,12,17H,5H2,(H3,14,16,18,19). The summed E-state index contributed by atoms with van der Waals surface area (Å²) in [6, 6.07) is 7.63. The number of benzene rings is 1. The van der Waals surface area contributed by atoms with Crippen LogP contribution >= 0.6 is 23.4 Å². The normalized spacial score (nSPS) is 24.8. The smallest absolute Gasteiger partial charge is 0.275 e. The first-order valence-electron chi connectivity index (χ1n) is 5.96. The average molecular weight is 310 g/mol. The number of thioether (sulfide) groups is 1. The molecule has 1 aromatic rings. The largest absolute Gasteiger partial charge is 0.370 e. The van der Waals surface area contributed by atoms with Crippen LogP contribution in [0.2, 0.25) is 5.02 Å². The Hall–Kier alpha value is -1.57. The second-order valence-electron chi connectivity index (χ2n) is 4.34. The molecule has 4 N–H and O–H groups in total. The molecule has 2 heterocycles.